The van der Waals surface area contributed by atoms with Crippen molar-refractivity contribution in [2.75, 3.05) is 0 Å². The number of benzene rings is 1. The summed E-state index contributed by atoms with van der Waals surface area (Å²) in [4.78, 5) is 0. The van der Waals surface area contributed by atoms with Crippen molar-refractivity contribution in [2.24, 2.45) is 0 Å². The van der Waals surface area contributed by atoms with Gasteiger partial charge in [0.25, 0.3) is 5.03 Å². The molecule has 0 fully saturated rings. The van der Waals surface area contributed by atoms with Crippen LogP contribution in [0.5, 0.6) is 0 Å². The summed E-state index contributed by atoms with van der Waals surface area (Å²) in [5.74, 6) is -1.94. The van der Waals surface area contributed by atoms with Gasteiger partial charge in [-0.25, -0.2) is 13.0 Å². The van der Waals surface area contributed by atoms with E-state index in [0.29, 0.717) is 9.20 Å². The van der Waals surface area contributed by atoms with Crippen molar-refractivity contribution in [3.05, 3.63) is 63.4 Å². The minimum atomic E-state index is -1.83. The molecule has 0 radical (unpaired) electrons. The Hall–Kier alpha value is -1.34. The van der Waals surface area contributed by atoms with Crippen LogP contribution in [0.2, 0.25) is 0 Å². The van der Waals surface area contributed by atoms with E-state index in [-0.39, 0.29) is 16.3 Å². The van der Waals surface area contributed by atoms with E-state index in [1.807, 2.05) is 0 Å². The van der Waals surface area contributed by atoms with Gasteiger partial charge in [-0.1, -0.05) is 6.07 Å². The number of aromatic nitrogens is 1. The number of hydrogen-bond donors (Lipinski definition) is 0. The fraction of sp³-hybridized carbons (Fsp3) is 0.0833. The lowest BCUT2D eigenvalue weighted by Gasteiger charge is -2.06. The van der Waals surface area contributed by atoms with Crippen LogP contribution in [-0.2, 0) is 16.6 Å². The molecule has 1 unspecified atom stereocenters. The van der Waals surface area contributed by atoms with E-state index in [1.54, 1.807) is 6.07 Å². The third kappa shape index (κ3) is 3.16. The molecule has 0 bridgehead atoms. The van der Waals surface area contributed by atoms with Crippen LogP contribution in [0, 0.1) is 16.8 Å². The topological polar surface area (TPSA) is 44.0 Å². The first-order chi connectivity index (χ1) is 8.99. The second-order valence-electron chi connectivity index (χ2n) is 3.70. The Kier molecular flexibility index (Phi) is 4.26. The van der Waals surface area contributed by atoms with Gasteiger partial charge < -0.3 is 5.21 Å². The van der Waals surface area contributed by atoms with Gasteiger partial charge in [-0.3, -0.25) is 0 Å². The highest BCUT2D eigenvalue weighted by Gasteiger charge is 2.19. The monoisotopic (exact) mass is 347 g/mol. The molecule has 2 aromatic rings. The Morgan fingerprint density at radius 3 is 2.42 bits per heavy atom. The Morgan fingerprint density at radius 2 is 1.84 bits per heavy atom. The van der Waals surface area contributed by atoms with Gasteiger partial charge >= 0.3 is 0 Å². The molecule has 0 aliphatic heterocycles. The van der Waals surface area contributed by atoms with Crippen molar-refractivity contribution in [1.82, 2.24) is 0 Å². The number of pyridine rings is 1. The molecule has 1 heterocycles. The van der Waals surface area contributed by atoms with E-state index in [9.17, 15) is 18.2 Å². The summed E-state index contributed by atoms with van der Waals surface area (Å²) in [6, 6.07) is 6.29. The minimum Gasteiger partial charge on any atom is -0.618 e. The fourth-order valence-electron chi connectivity index (χ4n) is 1.49. The fourth-order valence-corrected chi connectivity index (χ4v) is 2.97. The molecule has 2 rings (SSSR count). The molecule has 0 aliphatic carbocycles. The van der Waals surface area contributed by atoms with Crippen LogP contribution in [-0.4, -0.2) is 4.21 Å². The van der Waals surface area contributed by atoms with E-state index in [2.05, 4.69) is 15.9 Å². The quantitative estimate of drug-likeness (QED) is 0.632. The molecular weight excluding hydrogens is 340 g/mol. The molecule has 100 valence electrons. The maximum absolute atomic E-state index is 13.4. The molecule has 1 atom stereocenters. The van der Waals surface area contributed by atoms with Gasteiger partial charge in [0, 0.05) is 11.6 Å². The maximum Gasteiger partial charge on any atom is 0.281 e. The SMILES string of the molecule is O=S(Cc1c(F)cccc1F)c1ccc(Br)c[n+]1[O-]. The first kappa shape index (κ1) is 14.1. The van der Waals surface area contributed by atoms with Gasteiger partial charge in [0.1, 0.15) is 22.4 Å². The molecule has 1 aromatic carbocycles. The number of halogens is 3. The van der Waals surface area contributed by atoms with Crippen molar-refractivity contribution >= 4 is 26.7 Å². The standard InChI is InChI=1S/C12H8BrF2NO2S/c13-8-4-5-12(16(17)6-8)19(18)7-9-10(14)2-1-3-11(9)15/h1-6H,7H2. The molecular formula is C12H8BrF2NO2S. The molecule has 1 aromatic heterocycles. The largest absolute Gasteiger partial charge is 0.618 e. The van der Waals surface area contributed by atoms with E-state index in [1.165, 1.54) is 18.3 Å². The normalized spacial score (nSPS) is 12.4. The Balaban J connectivity index is 2.31. The van der Waals surface area contributed by atoms with E-state index in [4.69, 9.17) is 0 Å². The average Bonchev–Trinajstić information content (AvgIpc) is 2.33. The van der Waals surface area contributed by atoms with Gasteiger partial charge in [0.15, 0.2) is 6.20 Å². The highest BCUT2D eigenvalue weighted by Crippen LogP contribution is 2.17. The second kappa shape index (κ2) is 5.75. The smallest absolute Gasteiger partial charge is 0.281 e. The van der Waals surface area contributed by atoms with Crippen molar-refractivity contribution in [3.8, 4) is 0 Å². The van der Waals surface area contributed by atoms with Gasteiger partial charge in [0.2, 0.25) is 0 Å². The highest BCUT2D eigenvalue weighted by atomic mass is 79.9. The number of rotatable bonds is 3. The van der Waals surface area contributed by atoms with Gasteiger partial charge in [-0.15, -0.1) is 0 Å². The van der Waals surface area contributed by atoms with Crippen molar-refractivity contribution < 1.29 is 17.7 Å². The first-order valence-electron chi connectivity index (χ1n) is 5.19. The lowest BCUT2D eigenvalue weighted by Crippen LogP contribution is -2.32. The van der Waals surface area contributed by atoms with Crippen LogP contribution >= 0.6 is 15.9 Å². The summed E-state index contributed by atoms with van der Waals surface area (Å²) in [5.41, 5.74) is -0.288. The average molecular weight is 348 g/mol. The highest BCUT2D eigenvalue weighted by molar-refractivity contribution is 9.10. The predicted octanol–water partition coefficient (Wildman–Crippen LogP) is 2.67. The van der Waals surface area contributed by atoms with Gasteiger partial charge in [-0.2, -0.15) is 4.73 Å². The number of hydrogen-bond acceptors (Lipinski definition) is 2. The second-order valence-corrected chi connectivity index (χ2v) is 6.02. The molecule has 0 saturated heterocycles. The van der Waals surface area contributed by atoms with E-state index in [0.717, 1.165) is 12.1 Å². The molecule has 0 aliphatic rings. The molecule has 19 heavy (non-hydrogen) atoms. The molecule has 0 saturated carbocycles. The molecule has 3 nitrogen and oxygen atoms in total. The van der Waals surface area contributed by atoms with E-state index < -0.39 is 22.4 Å². The Bertz CT molecular complexity index is 631. The summed E-state index contributed by atoms with van der Waals surface area (Å²) >= 11 is 3.10. The minimum absolute atomic E-state index is 0.0501. The molecule has 0 spiro atoms. The first-order valence-corrected chi connectivity index (χ1v) is 7.30. The third-order valence-electron chi connectivity index (χ3n) is 2.41. The maximum atomic E-state index is 13.4. The van der Waals surface area contributed by atoms with Crippen LogP contribution in [0.1, 0.15) is 5.56 Å². The zero-order valence-corrected chi connectivity index (χ0v) is 11.9. The number of nitrogens with zero attached hydrogens (tertiary/aromatic N) is 1. The Labute approximate surface area is 119 Å². The van der Waals surface area contributed by atoms with Crippen molar-refractivity contribution in [1.29, 1.82) is 0 Å². The summed E-state index contributed by atoms with van der Waals surface area (Å²) in [6.07, 6.45) is 1.19. The predicted molar refractivity (Wildman–Crippen MR) is 69.6 cm³/mol. The van der Waals surface area contributed by atoms with Crippen LogP contribution in [0.25, 0.3) is 0 Å². The third-order valence-corrected chi connectivity index (χ3v) is 4.22. The summed E-state index contributed by atoms with van der Waals surface area (Å²) in [6.45, 7) is 0. The zero-order valence-electron chi connectivity index (χ0n) is 9.48. The van der Waals surface area contributed by atoms with Crippen LogP contribution in [0.3, 0.4) is 0 Å². The van der Waals surface area contributed by atoms with Gasteiger partial charge in [0.05, 0.1) is 10.2 Å². The Morgan fingerprint density at radius 1 is 1.21 bits per heavy atom. The molecule has 7 heteroatoms. The van der Waals surface area contributed by atoms with Crippen molar-refractivity contribution in [3.63, 3.8) is 0 Å². The van der Waals surface area contributed by atoms with Crippen LogP contribution in [0.4, 0.5) is 8.78 Å². The van der Waals surface area contributed by atoms with Crippen LogP contribution in [0.15, 0.2) is 46.0 Å². The molecule has 0 amide bonds. The van der Waals surface area contributed by atoms with E-state index >= 15 is 0 Å². The van der Waals surface area contributed by atoms with Gasteiger partial charge in [-0.05, 0) is 34.1 Å². The lowest BCUT2D eigenvalue weighted by molar-refractivity contribution is -0.646. The lowest BCUT2D eigenvalue weighted by atomic mass is 10.2. The van der Waals surface area contributed by atoms with Crippen LogP contribution < -0.4 is 4.73 Å². The summed E-state index contributed by atoms with van der Waals surface area (Å²) in [5, 5.41) is 11.5. The summed E-state index contributed by atoms with van der Waals surface area (Å²) < 4.78 is 39.8. The molecule has 0 N–H and O–H groups in total. The van der Waals surface area contributed by atoms with Crippen molar-refractivity contribution in [2.45, 2.75) is 10.8 Å². The zero-order chi connectivity index (χ0) is 14.0. The summed E-state index contributed by atoms with van der Waals surface area (Å²) in [7, 11) is -1.83.